The minimum Gasteiger partial charge on any atom is -0.495 e. The lowest BCUT2D eigenvalue weighted by molar-refractivity contribution is -0.117. The average molecular weight is 336 g/mol. The van der Waals surface area contributed by atoms with Crippen LogP contribution in [0.3, 0.4) is 0 Å². The van der Waals surface area contributed by atoms with Gasteiger partial charge in [-0.1, -0.05) is 35.3 Å². The van der Waals surface area contributed by atoms with E-state index in [1.165, 1.54) is 0 Å². The first-order valence-corrected chi connectivity index (χ1v) is 7.74. The average Bonchev–Trinajstić information content (AvgIpc) is 3.27. The Labute approximate surface area is 139 Å². The summed E-state index contributed by atoms with van der Waals surface area (Å²) in [7, 11) is 1.58. The van der Waals surface area contributed by atoms with Crippen LogP contribution in [-0.4, -0.2) is 13.0 Å². The monoisotopic (exact) mass is 335 g/mol. The fourth-order valence-electron chi connectivity index (χ4n) is 2.62. The predicted octanol–water partition coefficient (Wildman–Crippen LogP) is 4.74. The summed E-state index contributed by atoms with van der Waals surface area (Å²) in [4.78, 5) is 12.4. The van der Waals surface area contributed by atoms with Crippen molar-refractivity contribution in [2.24, 2.45) is 5.92 Å². The lowest BCUT2D eigenvalue weighted by Crippen LogP contribution is -2.15. The van der Waals surface area contributed by atoms with Gasteiger partial charge in [-0.3, -0.25) is 4.79 Å². The quantitative estimate of drug-likeness (QED) is 0.875. The van der Waals surface area contributed by atoms with E-state index in [-0.39, 0.29) is 17.7 Å². The Balaban J connectivity index is 1.70. The highest BCUT2D eigenvalue weighted by atomic mass is 35.5. The molecule has 0 radical (unpaired) electrons. The summed E-state index contributed by atoms with van der Waals surface area (Å²) < 4.78 is 5.24. The minimum atomic E-state index is -0.0561. The Bertz CT molecular complexity index is 697. The second-order valence-electron chi connectivity index (χ2n) is 5.34. The van der Waals surface area contributed by atoms with Gasteiger partial charge in [0.05, 0.1) is 12.8 Å². The van der Waals surface area contributed by atoms with Crippen LogP contribution in [0.5, 0.6) is 5.75 Å². The van der Waals surface area contributed by atoms with Gasteiger partial charge in [-0.05, 0) is 48.2 Å². The van der Waals surface area contributed by atoms with Crippen molar-refractivity contribution in [2.45, 2.75) is 12.3 Å². The minimum absolute atomic E-state index is 0.00871. The van der Waals surface area contributed by atoms with Crippen molar-refractivity contribution in [3.63, 3.8) is 0 Å². The van der Waals surface area contributed by atoms with E-state index in [0.717, 1.165) is 12.0 Å². The van der Waals surface area contributed by atoms with Gasteiger partial charge < -0.3 is 10.1 Å². The molecule has 2 atom stereocenters. The molecular weight excluding hydrogens is 321 g/mol. The number of carbonyl (C=O) groups is 1. The zero-order valence-corrected chi connectivity index (χ0v) is 13.5. The smallest absolute Gasteiger partial charge is 0.228 e. The summed E-state index contributed by atoms with van der Waals surface area (Å²) in [6.45, 7) is 0. The molecule has 22 heavy (non-hydrogen) atoms. The molecule has 2 aromatic rings. The molecule has 1 amide bonds. The third kappa shape index (κ3) is 3.21. The van der Waals surface area contributed by atoms with Gasteiger partial charge in [-0.25, -0.2) is 0 Å². The van der Waals surface area contributed by atoms with E-state index in [1.807, 2.05) is 36.4 Å². The van der Waals surface area contributed by atoms with Crippen LogP contribution in [0.4, 0.5) is 5.69 Å². The first-order chi connectivity index (χ1) is 10.6. The summed E-state index contributed by atoms with van der Waals surface area (Å²) in [5, 5.41) is 4.11. The topological polar surface area (TPSA) is 38.3 Å². The largest absolute Gasteiger partial charge is 0.495 e. The lowest BCUT2D eigenvalue weighted by Gasteiger charge is -2.09. The molecule has 0 spiro atoms. The van der Waals surface area contributed by atoms with Crippen LogP contribution in [0.1, 0.15) is 17.9 Å². The zero-order chi connectivity index (χ0) is 15.7. The summed E-state index contributed by atoms with van der Waals surface area (Å²) >= 11 is 12.0. The number of nitrogens with one attached hydrogen (secondary N) is 1. The predicted molar refractivity (Wildman–Crippen MR) is 88.9 cm³/mol. The van der Waals surface area contributed by atoms with Crippen LogP contribution in [0.2, 0.25) is 10.0 Å². The number of anilines is 1. The molecule has 0 heterocycles. The van der Waals surface area contributed by atoms with Gasteiger partial charge in [0.2, 0.25) is 5.91 Å². The Hall–Kier alpha value is -1.71. The van der Waals surface area contributed by atoms with Crippen LogP contribution in [0.25, 0.3) is 0 Å². The molecule has 1 aliphatic carbocycles. The first-order valence-electron chi connectivity index (χ1n) is 6.98. The second kappa shape index (κ2) is 6.19. The Morgan fingerprint density at radius 2 is 1.86 bits per heavy atom. The maximum atomic E-state index is 12.4. The van der Waals surface area contributed by atoms with Crippen molar-refractivity contribution >= 4 is 34.8 Å². The molecule has 3 nitrogen and oxygen atoms in total. The number of amides is 1. The molecule has 0 bridgehead atoms. The number of para-hydroxylation sites is 2. The van der Waals surface area contributed by atoms with Gasteiger partial charge in [0, 0.05) is 16.0 Å². The van der Waals surface area contributed by atoms with Crippen molar-refractivity contribution in [3.8, 4) is 5.75 Å². The number of benzene rings is 2. The van der Waals surface area contributed by atoms with Crippen molar-refractivity contribution in [3.05, 3.63) is 58.1 Å². The Morgan fingerprint density at radius 1 is 1.18 bits per heavy atom. The van der Waals surface area contributed by atoms with E-state index < -0.39 is 0 Å². The molecule has 1 fully saturated rings. The molecule has 0 aromatic heterocycles. The second-order valence-corrected chi connectivity index (χ2v) is 6.21. The third-order valence-electron chi connectivity index (χ3n) is 3.81. The van der Waals surface area contributed by atoms with Gasteiger partial charge >= 0.3 is 0 Å². The van der Waals surface area contributed by atoms with Crippen LogP contribution >= 0.6 is 23.2 Å². The fraction of sp³-hybridized carbons (Fsp3) is 0.235. The van der Waals surface area contributed by atoms with Gasteiger partial charge in [-0.2, -0.15) is 0 Å². The van der Waals surface area contributed by atoms with Gasteiger partial charge in [0.25, 0.3) is 0 Å². The molecule has 0 saturated heterocycles. The molecule has 1 N–H and O–H groups in total. The first kappa shape index (κ1) is 15.2. The molecule has 5 heteroatoms. The zero-order valence-electron chi connectivity index (χ0n) is 12.0. The SMILES string of the molecule is COc1ccccc1NC(=O)[C@H]1C[C@@H]1c1cc(Cl)cc(Cl)c1. The van der Waals surface area contributed by atoms with Crippen LogP contribution in [-0.2, 0) is 4.79 Å². The molecule has 3 rings (SSSR count). The van der Waals surface area contributed by atoms with E-state index in [1.54, 1.807) is 13.2 Å². The summed E-state index contributed by atoms with van der Waals surface area (Å²) in [5.74, 6) is 0.759. The number of halogens is 2. The summed E-state index contributed by atoms with van der Waals surface area (Å²) in [5.41, 5.74) is 1.70. The van der Waals surface area contributed by atoms with Crippen molar-refractivity contribution in [2.75, 3.05) is 12.4 Å². The maximum Gasteiger partial charge on any atom is 0.228 e. The van der Waals surface area contributed by atoms with Crippen LogP contribution in [0.15, 0.2) is 42.5 Å². The van der Waals surface area contributed by atoms with Gasteiger partial charge in [-0.15, -0.1) is 0 Å². The van der Waals surface area contributed by atoms with Crippen molar-refractivity contribution < 1.29 is 9.53 Å². The highest BCUT2D eigenvalue weighted by Gasteiger charge is 2.44. The molecule has 0 unspecified atom stereocenters. The molecule has 2 aromatic carbocycles. The number of carbonyl (C=O) groups excluding carboxylic acids is 1. The Kier molecular flexibility index (Phi) is 4.27. The number of methoxy groups -OCH3 is 1. The summed E-state index contributed by atoms with van der Waals surface area (Å²) in [6, 6.07) is 12.8. The molecule has 1 saturated carbocycles. The van der Waals surface area contributed by atoms with Gasteiger partial charge in [0.1, 0.15) is 5.75 Å². The van der Waals surface area contributed by atoms with E-state index in [4.69, 9.17) is 27.9 Å². The summed E-state index contributed by atoms with van der Waals surface area (Å²) in [6.07, 6.45) is 0.803. The van der Waals surface area contributed by atoms with E-state index in [2.05, 4.69) is 5.32 Å². The van der Waals surface area contributed by atoms with Crippen LogP contribution in [0, 0.1) is 5.92 Å². The van der Waals surface area contributed by atoms with Crippen molar-refractivity contribution in [1.29, 1.82) is 0 Å². The lowest BCUT2D eigenvalue weighted by atomic mass is 10.1. The Morgan fingerprint density at radius 3 is 2.55 bits per heavy atom. The number of rotatable bonds is 4. The molecule has 0 aliphatic heterocycles. The number of ether oxygens (including phenoxy) is 1. The van der Waals surface area contributed by atoms with E-state index in [0.29, 0.717) is 21.5 Å². The van der Waals surface area contributed by atoms with Crippen LogP contribution < -0.4 is 10.1 Å². The van der Waals surface area contributed by atoms with Crippen molar-refractivity contribution in [1.82, 2.24) is 0 Å². The number of hydrogen-bond donors (Lipinski definition) is 1. The molecule has 1 aliphatic rings. The maximum absolute atomic E-state index is 12.4. The standard InChI is InChI=1S/C17H15Cl2NO2/c1-22-16-5-3-2-4-15(16)20-17(21)14-9-13(14)10-6-11(18)8-12(19)7-10/h2-8,13-14H,9H2,1H3,(H,20,21)/t13-,14+/m1/s1. The third-order valence-corrected chi connectivity index (χ3v) is 4.24. The van der Waals surface area contributed by atoms with E-state index >= 15 is 0 Å². The number of hydrogen-bond acceptors (Lipinski definition) is 2. The van der Waals surface area contributed by atoms with E-state index in [9.17, 15) is 4.79 Å². The molecular formula is C17H15Cl2NO2. The highest BCUT2D eigenvalue weighted by molar-refractivity contribution is 6.34. The molecule has 114 valence electrons. The van der Waals surface area contributed by atoms with Gasteiger partial charge in [0.15, 0.2) is 0 Å². The highest BCUT2D eigenvalue weighted by Crippen LogP contribution is 2.49. The normalized spacial score (nSPS) is 19.6. The fourth-order valence-corrected chi connectivity index (χ4v) is 3.16.